The highest BCUT2D eigenvalue weighted by molar-refractivity contribution is 7.48. The summed E-state index contributed by atoms with van der Waals surface area (Å²) in [5.41, 5.74) is -0.371. The quantitative estimate of drug-likeness (QED) is 0.241. The van der Waals surface area contributed by atoms with E-state index in [2.05, 4.69) is 10.6 Å². The average Bonchev–Trinajstić information content (AvgIpc) is 2.74. The van der Waals surface area contributed by atoms with Gasteiger partial charge in [0, 0.05) is 13.1 Å². The van der Waals surface area contributed by atoms with Gasteiger partial charge in [-0.2, -0.15) is 0 Å². The maximum Gasteiger partial charge on any atom is 0.530 e. The van der Waals surface area contributed by atoms with Gasteiger partial charge < -0.3 is 19.9 Å². The number of alkyl halides is 1. The van der Waals surface area contributed by atoms with Gasteiger partial charge in [0.1, 0.15) is 11.4 Å². The largest absolute Gasteiger partial charge is 0.530 e. The van der Waals surface area contributed by atoms with E-state index >= 15 is 0 Å². The van der Waals surface area contributed by atoms with Crippen molar-refractivity contribution in [2.75, 3.05) is 26.3 Å². The predicted molar refractivity (Wildman–Crippen MR) is 127 cm³/mol. The number of benzene rings is 1. The Balaban J connectivity index is 2.31. The zero-order chi connectivity index (χ0) is 25.6. The lowest BCUT2D eigenvalue weighted by Gasteiger charge is -2.19. The fourth-order valence-electron chi connectivity index (χ4n) is 2.79. The highest BCUT2D eigenvalue weighted by Crippen LogP contribution is 2.49. The lowest BCUT2D eigenvalue weighted by molar-refractivity contribution is -0.126. The molecule has 1 rings (SSSR count). The number of unbranched alkanes of at least 4 members (excludes halogenated alkanes) is 3. The molecular formula is C23H38FN2O7P. The van der Waals surface area contributed by atoms with Crippen LogP contribution in [0.3, 0.4) is 0 Å². The highest BCUT2D eigenvalue weighted by atomic mass is 31.2. The number of alkyl carbamates (subject to hydrolysis) is 1. The fraction of sp³-hybridized carbons (Fsp3) is 0.652. The van der Waals surface area contributed by atoms with Gasteiger partial charge in [-0.1, -0.05) is 25.0 Å². The molecule has 9 nitrogen and oxygen atoms in total. The van der Waals surface area contributed by atoms with Gasteiger partial charge in [0.25, 0.3) is 5.91 Å². The first-order valence-corrected chi connectivity index (χ1v) is 13.0. The van der Waals surface area contributed by atoms with Crippen LogP contribution in [0.5, 0.6) is 5.75 Å². The van der Waals surface area contributed by atoms with Crippen LogP contribution in [0.4, 0.5) is 9.18 Å². The van der Waals surface area contributed by atoms with Crippen molar-refractivity contribution >= 4 is 19.8 Å². The molecule has 0 saturated carbocycles. The van der Waals surface area contributed by atoms with E-state index in [1.807, 2.05) is 0 Å². The first-order valence-electron chi connectivity index (χ1n) is 11.6. The van der Waals surface area contributed by atoms with Gasteiger partial charge in [-0.25, -0.2) is 13.8 Å². The van der Waals surface area contributed by atoms with E-state index < -0.39 is 31.6 Å². The molecule has 1 unspecified atom stereocenters. The van der Waals surface area contributed by atoms with Crippen molar-refractivity contribution in [3.05, 3.63) is 29.8 Å². The topological polar surface area (TPSA) is 112 Å². The third-order valence-corrected chi connectivity index (χ3v) is 5.85. The van der Waals surface area contributed by atoms with Crippen LogP contribution >= 0.6 is 7.82 Å². The Kier molecular flexibility index (Phi) is 13.1. The number of hydrogen-bond acceptors (Lipinski definition) is 7. The van der Waals surface area contributed by atoms with Crippen molar-refractivity contribution in [1.29, 1.82) is 0 Å². The molecule has 1 aromatic carbocycles. The Labute approximate surface area is 201 Å². The Morgan fingerprint density at radius 1 is 0.941 bits per heavy atom. The molecule has 0 aliphatic rings. The monoisotopic (exact) mass is 504 g/mol. The van der Waals surface area contributed by atoms with Crippen LogP contribution in [-0.4, -0.2) is 43.9 Å². The van der Waals surface area contributed by atoms with E-state index in [1.165, 1.54) is 24.3 Å². The van der Waals surface area contributed by atoms with E-state index in [4.69, 9.17) is 18.3 Å². The maximum atomic E-state index is 14.5. The zero-order valence-corrected chi connectivity index (χ0v) is 21.6. The molecule has 0 saturated heterocycles. The van der Waals surface area contributed by atoms with Gasteiger partial charge in [0.05, 0.1) is 13.2 Å². The summed E-state index contributed by atoms with van der Waals surface area (Å²) in [4.78, 5) is 23.6. The molecule has 0 radical (unpaired) electrons. The number of rotatable bonds is 15. The van der Waals surface area contributed by atoms with Crippen LogP contribution in [0.25, 0.3) is 0 Å². The molecule has 0 aliphatic heterocycles. The molecule has 0 heterocycles. The molecule has 0 spiro atoms. The zero-order valence-electron chi connectivity index (χ0n) is 20.7. The first-order chi connectivity index (χ1) is 16.0. The minimum absolute atomic E-state index is 0.144. The molecule has 194 valence electrons. The van der Waals surface area contributed by atoms with Gasteiger partial charge >= 0.3 is 13.9 Å². The summed E-state index contributed by atoms with van der Waals surface area (Å²) >= 11 is 0. The van der Waals surface area contributed by atoms with Crippen LogP contribution < -0.4 is 15.2 Å². The van der Waals surface area contributed by atoms with Gasteiger partial charge in [0.2, 0.25) is 6.17 Å². The molecular weight excluding hydrogens is 466 g/mol. The standard InChI is InChI=1S/C23H38FN2O7P/c1-6-30-34(29,31-7-2)33-19-14-12-18(13-15-19)20(24)21(27)25-16-10-8-9-11-17-26-22(28)32-23(3,4)5/h12-15,20H,6-11,16-17H2,1-5H3,(H,25,27)(H,26,28). The number of phosphoric ester groups is 1. The number of hydrogen-bond donors (Lipinski definition) is 2. The van der Waals surface area contributed by atoms with E-state index in [1.54, 1.807) is 34.6 Å². The third-order valence-electron chi connectivity index (χ3n) is 4.27. The van der Waals surface area contributed by atoms with Crippen LogP contribution in [-0.2, 0) is 23.1 Å². The molecule has 1 atom stereocenters. The van der Waals surface area contributed by atoms with Crippen molar-refractivity contribution in [2.24, 2.45) is 0 Å². The second-order valence-electron chi connectivity index (χ2n) is 8.44. The fourth-order valence-corrected chi connectivity index (χ4v) is 3.99. The number of carbonyl (C=O) groups excluding carboxylic acids is 2. The van der Waals surface area contributed by atoms with Crippen molar-refractivity contribution < 1.29 is 36.9 Å². The number of amides is 2. The number of phosphoric acid groups is 1. The third kappa shape index (κ3) is 12.3. The predicted octanol–water partition coefficient (Wildman–Crippen LogP) is 5.46. The normalized spacial score (nSPS) is 12.6. The highest BCUT2D eigenvalue weighted by Gasteiger charge is 2.27. The summed E-state index contributed by atoms with van der Waals surface area (Å²) in [6.45, 7) is 9.89. The lowest BCUT2D eigenvalue weighted by Crippen LogP contribution is -2.33. The van der Waals surface area contributed by atoms with Gasteiger partial charge in [-0.3, -0.25) is 13.8 Å². The van der Waals surface area contributed by atoms with E-state index in [-0.39, 0.29) is 24.5 Å². The Bertz CT molecular complexity index is 790. The number of halogens is 1. The van der Waals surface area contributed by atoms with Crippen LogP contribution in [0.2, 0.25) is 0 Å². The summed E-state index contributed by atoms with van der Waals surface area (Å²) in [6, 6.07) is 5.59. The smallest absolute Gasteiger partial charge is 0.444 e. The van der Waals surface area contributed by atoms with Crippen molar-refractivity contribution in [3.63, 3.8) is 0 Å². The van der Waals surface area contributed by atoms with Crippen LogP contribution in [0.1, 0.15) is 72.0 Å². The number of nitrogens with one attached hydrogen (secondary N) is 2. The number of carbonyl (C=O) groups is 2. The molecule has 0 fully saturated rings. The van der Waals surface area contributed by atoms with Crippen LogP contribution in [0, 0.1) is 0 Å². The van der Waals surface area contributed by atoms with Gasteiger partial charge in [-0.15, -0.1) is 0 Å². The summed E-state index contributed by atoms with van der Waals surface area (Å²) in [7, 11) is -3.74. The SMILES string of the molecule is CCOP(=O)(OCC)Oc1ccc(C(F)C(=O)NCCCCCCNC(=O)OC(C)(C)C)cc1. The van der Waals surface area contributed by atoms with Crippen molar-refractivity contribution in [3.8, 4) is 5.75 Å². The molecule has 0 aromatic heterocycles. The molecule has 0 aliphatic carbocycles. The molecule has 0 bridgehead atoms. The Morgan fingerprint density at radius 3 is 1.97 bits per heavy atom. The minimum Gasteiger partial charge on any atom is -0.444 e. The van der Waals surface area contributed by atoms with E-state index in [9.17, 15) is 18.5 Å². The van der Waals surface area contributed by atoms with Crippen LogP contribution in [0.15, 0.2) is 24.3 Å². The average molecular weight is 505 g/mol. The summed E-state index contributed by atoms with van der Waals surface area (Å²) in [6.07, 6.45) is 0.899. The van der Waals surface area contributed by atoms with Gasteiger partial charge in [0.15, 0.2) is 0 Å². The maximum absolute atomic E-state index is 14.5. The summed E-state index contributed by atoms with van der Waals surface area (Å²) in [5, 5.41) is 5.27. The van der Waals surface area contributed by atoms with E-state index in [0.29, 0.717) is 19.5 Å². The molecule has 11 heteroatoms. The number of ether oxygens (including phenoxy) is 1. The molecule has 34 heavy (non-hydrogen) atoms. The summed E-state index contributed by atoms with van der Waals surface area (Å²) in [5.74, 6) is -0.544. The van der Waals surface area contributed by atoms with Crippen molar-refractivity contribution in [1.82, 2.24) is 10.6 Å². The lowest BCUT2D eigenvalue weighted by atomic mass is 10.1. The second-order valence-corrected chi connectivity index (χ2v) is 10.0. The summed E-state index contributed by atoms with van der Waals surface area (Å²) < 4.78 is 47.4. The van der Waals surface area contributed by atoms with Gasteiger partial charge in [-0.05, 0) is 65.2 Å². The Hall–Kier alpha value is -2.16. The first kappa shape index (κ1) is 29.9. The Morgan fingerprint density at radius 2 is 1.47 bits per heavy atom. The second kappa shape index (κ2) is 15.0. The molecule has 1 aromatic rings. The van der Waals surface area contributed by atoms with E-state index in [0.717, 1.165) is 19.3 Å². The molecule has 2 amide bonds. The van der Waals surface area contributed by atoms with Crippen molar-refractivity contribution in [2.45, 2.75) is 72.1 Å². The molecule has 2 N–H and O–H groups in total. The minimum atomic E-state index is -3.74.